The molecule has 0 radical (unpaired) electrons. The number of amides is 1. The van der Waals surface area contributed by atoms with Crippen molar-refractivity contribution in [2.45, 2.75) is 45.2 Å². The van der Waals surface area contributed by atoms with Crippen molar-refractivity contribution in [3.05, 3.63) is 34.3 Å². The van der Waals surface area contributed by atoms with Crippen molar-refractivity contribution in [2.75, 3.05) is 6.54 Å². The number of benzene rings is 1. The molecule has 0 spiro atoms. The number of rotatable bonds is 2. The Morgan fingerprint density at radius 2 is 2.15 bits per heavy atom. The van der Waals surface area contributed by atoms with E-state index in [0.717, 1.165) is 31.4 Å². The van der Waals surface area contributed by atoms with Gasteiger partial charge >= 0.3 is 0 Å². The average molecular weight is 317 g/mol. The lowest BCUT2D eigenvalue weighted by Crippen LogP contribution is -2.51. The van der Waals surface area contributed by atoms with Gasteiger partial charge in [0.1, 0.15) is 0 Å². The highest BCUT2D eigenvalue weighted by atomic mass is 35.5. The third-order valence-electron chi connectivity index (χ3n) is 3.84. The summed E-state index contributed by atoms with van der Waals surface area (Å²) in [6.07, 6.45) is 3.18. The number of nitrogens with two attached hydrogens (primary N) is 1. The number of carbonyl (C=O) groups is 1. The molecule has 0 aliphatic carbocycles. The molecule has 2 atom stereocenters. The van der Waals surface area contributed by atoms with Crippen LogP contribution in [0.15, 0.2) is 18.2 Å². The molecular weight excluding hydrogens is 295 g/mol. The molecule has 1 amide bonds. The van der Waals surface area contributed by atoms with Crippen LogP contribution >= 0.6 is 24.0 Å². The molecule has 2 rings (SSSR count). The Labute approximate surface area is 131 Å². The minimum atomic E-state index is 0. The van der Waals surface area contributed by atoms with Crippen LogP contribution in [0.1, 0.15) is 42.1 Å². The summed E-state index contributed by atoms with van der Waals surface area (Å²) in [6, 6.07) is 5.63. The van der Waals surface area contributed by atoms with Crippen LogP contribution in [-0.2, 0) is 0 Å². The van der Waals surface area contributed by atoms with Gasteiger partial charge in [-0.15, -0.1) is 12.4 Å². The van der Waals surface area contributed by atoms with Gasteiger partial charge in [-0.3, -0.25) is 4.79 Å². The zero-order valence-electron chi connectivity index (χ0n) is 11.9. The molecule has 3 nitrogen and oxygen atoms in total. The van der Waals surface area contributed by atoms with Crippen molar-refractivity contribution in [1.29, 1.82) is 0 Å². The Morgan fingerprint density at radius 1 is 1.45 bits per heavy atom. The first-order valence-electron chi connectivity index (χ1n) is 6.83. The standard InChI is InChI=1S/C15H21ClN2O.ClH/c1-10-6-7-12(9-13(10)16)15(19)18-8-4-3-5-14(18)11(2)17;/h6-7,9,11,14H,3-5,8,17H2,1-2H3;1H. The van der Waals surface area contributed by atoms with Crippen LogP contribution < -0.4 is 5.73 Å². The van der Waals surface area contributed by atoms with Gasteiger partial charge in [0, 0.05) is 29.2 Å². The first-order chi connectivity index (χ1) is 9.00. The third-order valence-corrected chi connectivity index (χ3v) is 4.24. The zero-order valence-corrected chi connectivity index (χ0v) is 13.5. The summed E-state index contributed by atoms with van der Waals surface area (Å²) in [4.78, 5) is 14.5. The first kappa shape index (κ1) is 17.3. The van der Waals surface area contributed by atoms with Crippen LogP contribution in [0.3, 0.4) is 0 Å². The summed E-state index contributed by atoms with van der Waals surface area (Å²) in [5.74, 6) is 0.0453. The van der Waals surface area contributed by atoms with E-state index in [1.165, 1.54) is 0 Å². The number of hydrogen-bond donors (Lipinski definition) is 1. The Balaban J connectivity index is 0.00000200. The van der Waals surface area contributed by atoms with Crippen molar-refractivity contribution >= 4 is 29.9 Å². The van der Waals surface area contributed by atoms with Gasteiger partial charge in [0.15, 0.2) is 0 Å². The maximum Gasteiger partial charge on any atom is 0.254 e. The Morgan fingerprint density at radius 3 is 2.75 bits per heavy atom. The van der Waals surface area contributed by atoms with Crippen LogP contribution in [-0.4, -0.2) is 29.4 Å². The molecule has 1 heterocycles. The second kappa shape index (κ2) is 7.30. The molecule has 2 N–H and O–H groups in total. The van der Waals surface area contributed by atoms with Crippen molar-refractivity contribution in [3.63, 3.8) is 0 Å². The summed E-state index contributed by atoms with van der Waals surface area (Å²) in [5.41, 5.74) is 7.65. The number of likely N-dealkylation sites (tertiary alicyclic amines) is 1. The third kappa shape index (κ3) is 3.66. The largest absolute Gasteiger partial charge is 0.334 e. The van der Waals surface area contributed by atoms with E-state index >= 15 is 0 Å². The van der Waals surface area contributed by atoms with E-state index in [9.17, 15) is 4.79 Å². The highest BCUT2D eigenvalue weighted by molar-refractivity contribution is 6.31. The SMILES string of the molecule is Cc1ccc(C(=O)N2CCCCC2C(C)N)cc1Cl.Cl. The molecule has 0 saturated carbocycles. The summed E-state index contributed by atoms with van der Waals surface area (Å²) >= 11 is 6.10. The van der Waals surface area contributed by atoms with E-state index in [4.69, 9.17) is 17.3 Å². The van der Waals surface area contributed by atoms with Gasteiger partial charge in [-0.2, -0.15) is 0 Å². The monoisotopic (exact) mass is 316 g/mol. The number of nitrogens with zero attached hydrogens (tertiary/aromatic N) is 1. The van der Waals surface area contributed by atoms with E-state index in [1.807, 2.05) is 30.9 Å². The molecule has 0 aromatic heterocycles. The highest BCUT2D eigenvalue weighted by Gasteiger charge is 2.29. The fourth-order valence-corrected chi connectivity index (χ4v) is 2.83. The predicted molar refractivity (Wildman–Crippen MR) is 85.8 cm³/mol. The maximum atomic E-state index is 12.6. The van der Waals surface area contributed by atoms with E-state index < -0.39 is 0 Å². The molecule has 5 heteroatoms. The van der Waals surface area contributed by atoms with Crippen LogP contribution in [0.4, 0.5) is 0 Å². The van der Waals surface area contributed by atoms with Crippen molar-refractivity contribution in [2.24, 2.45) is 5.73 Å². The van der Waals surface area contributed by atoms with Crippen LogP contribution in [0.2, 0.25) is 5.02 Å². The number of carbonyl (C=O) groups excluding carboxylic acids is 1. The quantitative estimate of drug-likeness (QED) is 0.908. The maximum absolute atomic E-state index is 12.6. The summed E-state index contributed by atoms with van der Waals surface area (Å²) in [5, 5.41) is 0.639. The minimum Gasteiger partial charge on any atom is -0.334 e. The van der Waals surface area contributed by atoms with E-state index in [2.05, 4.69) is 0 Å². The molecule has 112 valence electrons. The number of hydrogen-bond acceptors (Lipinski definition) is 2. The lowest BCUT2D eigenvalue weighted by molar-refractivity contribution is 0.0584. The molecule has 0 bridgehead atoms. The first-order valence-corrected chi connectivity index (χ1v) is 7.21. The fraction of sp³-hybridized carbons (Fsp3) is 0.533. The van der Waals surface area contributed by atoms with Crippen LogP contribution in [0, 0.1) is 6.92 Å². The normalized spacial score (nSPS) is 20.2. The molecule has 1 aliphatic rings. The lowest BCUT2D eigenvalue weighted by atomic mass is 9.96. The zero-order chi connectivity index (χ0) is 14.0. The molecule has 2 unspecified atom stereocenters. The molecule has 1 aliphatic heterocycles. The minimum absolute atomic E-state index is 0. The van der Waals surface area contributed by atoms with Crippen LogP contribution in [0.5, 0.6) is 0 Å². The Hall–Kier alpha value is -0.770. The fourth-order valence-electron chi connectivity index (χ4n) is 2.65. The van der Waals surface area contributed by atoms with Crippen LogP contribution in [0.25, 0.3) is 0 Å². The highest BCUT2D eigenvalue weighted by Crippen LogP contribution is 2.23. The van der Waals surface area contributed by atoms with Gasteiger partial charge < -0.3 is 10.6 Å². The Kier molecular flexibility index (Phi) is 6.31. The summed E-state index contributed by atoms with van der Waals surface area (Å²) in [6.45, 7) is 4.69. The molecule has 20 heavy (non-hydrogen) atoms. The summed E-state index contributed by atoms with van der Waals surface area (Å²) in [7, 11) is 0. The molecule has 1 fully saturated rings. The predicted octanol–water partition coefficient (Wildman–Crippen LogP) is 3.41. The van der Waals surface area contributed by atoms with Crippen molar-refractivity contribution in [3.8, 4) is 0 Å². The van der Waals surface area contributed by atoms with E-state index in [1.54, 1.807) is 6.07 Å². The van der Waals surface area contributed by atoms with Crippen molar-refractivity contribution < 1.29 is 4.79 Å². The number of aryl methyl sites for hydroxylation is 1. The van der Waals surface area contributed by atoms with Gasteiger partial charge in [0.2, 0.25) is 0 Å². The molecule has 1 aromatic rings. The second-order valence-corrected chi connectivity index (χ2v) is 5.79. The van der Waals surface area contributed by atoms with E-state index in [-0.39, 0.29) is 30.4 Å². The van der Waals surface area contributed by atoms with E-state index in [0.29, 0.717) is 10.6 Å². The molecular formula is C15H22Cl2N2O. The smallest absolute Gasteiger partial charge is 0.254 e. The van der Waals surface area contributed by atoms with Gasteiger partial charge in [-0.05, 0) is 50.8 Å². The topological polar surface area (TPSA) is 46.3 Å². The van der Waals surface area contributed by atoms with Gasteiger partial charge in [0.05, 0.1) is 0 Å². The summed E-state index contributed by atoms with van der Waals surface area (Å²) < 4.78 is 0. The molecule has 1 aromatic carbocycles. The molecule has 1 saturated heterocycles. The van der Waals surface area contributed by atoms with Gasteiger partial charge in [-0.25, -0.2) is 0 Å². The average Bonchev–Trinajstić information content (AvgIpc) is 2.41. The van der Waals surface area contributed by atoms with Crippen molar-refractivity contribution in [1.82, 2.24) is 4.90 Å². The second-order valence-electron chi connectivity index (χ2n) is 5.38. The number of piperidine rings is 1. The lowest BCUT2D eigenvalue weighted by Gasteiger charge is -2.38. The number of halogens is 2. The Bertz CT molecular complexity index is 477. The van der Waals surface area contributed by atoms with Gasteiger partial charge in [-0.1, -0.05) is 17.7 Å². The van der Waals surface area contributed by atoms with Gasteiger partial charge in [0.25, 0.3) is 5.91 Å².